The molecule has 1 aromatic rings. The number of carbonyl (C=O) groups is 1. The van der Waals surface area contributed by atoms with Crippen LogP contribution in [0.15, 0.2) is 12.1 Å². The molecule has 0 spiro atoms. The Labute approximate surface area is 127 Å². The van der Waals surface area contributed by atoms with Gasteiger partial charge in [0.25, 0.3) is 0 Å². The van der Waals surface area contributed by atoms with Gasteiger partial charge in [0.05, 0.1) is 0 Å². The molecule has 0 saturated carbocycles. The standard InChI is InChI=1S/C14H22O2.C3H6O2/c1-13(2,3)11-9(15)7-8-10(16)12(11)14(4,5)6;1-2-3(4)5/h7-8,15-16H,1-6H3;2H2,1H3,(H,4,5). The number of aromatic hydroxyl groups is 2. The monoisotopic (exact) mass is 296 g/mol. The molecule has 0 bridgehead atoms. The molecule has 0 fully saturated rings. The number of carboxylic acids is 1. The number of rotatable bonds is 1. The number of phenols is 2. The molecule has 120 valence electrons. The normalized spacial score (nSPS) is 11.6. The number of phenolic OH excluding ortho intramolecular Hbond substituents is 2. The topological polar surface area (TPSA) is 77.8 Å². The van der Waals surface area contributed by atoms with E-state index in [1.165, 1.54) is 0 Å². The zero-order valence-corrected chi connectivity index (χ0v) is 14.1. The number of aliphatic carboxylic acids is 1. The summed E-state index contributed by atoms with van der Waals surface area (Å²) < 4.78 is 0. The van der Waals surface area contributed by atoms with Crippen LogP contribution in [-0.4, -0.2) is 21.3 Å². The van der Waals surface area contributed by atoms with Gasteiger partial charge in [-0.15, -0.1) is 0 Å². The number of hydrogen-bond acceptors (Lipinski definition) is 3. The van der Waals surface area contributed by atoms with Crippen LogP contribution in [0.2, 0.25) is 0 Å². The van der Waals surface area contributed by atoms with Crippen molar-refractivity contribution in [2.75, 3.05) is 0 Å². The smallest absolute Gasteiger partial charge is 0.303 e. The van der Waals surface area contributed by atoms with Crippen molar-refractivity contribution in [1.82, 2.24) is 0 Å². The molecule has 0 heterocycles. The third kappa shape index (κ3) is 5.66. The van der Waals surface area contributed by atoms with Gasteiger partial charge in [0.2, 0.25) is 0 Å². The molecule has 1 aromatic carbocycles. The van der Waals surface area contributed by atoms with E-state index in [2.05, 4.69) is 0 Å². The molecule has 0 amide bonds. The molecule has 4 heteroatoms. The van der Waals surface area contributed by atoms with E-state index in [1.807, 2.05) is 41.5 Å². The fourth-order valence-electron chi connectivity index (χ4n) is 2.10. The van der Waals surface area contributed by atoms with E-state index in [9.17, 15) is 15.0 Å². The lowest BCUT2D eigenvalue weighted by Gasteiger charge is -2.31. The van der Waals surface area contributed by atoms with Crippen LogP contribution in [0.5, 0.6) is 11.5 Å². The highest BCUT2D eigenvalue weighted by Gasteiger charge is 2.30. The van der Waals surface area contributed by atoms with E-state index < -0.39 is 5.97 Å². The van der Waals surface area contributed by atoms with Crippen LogP contribution in [0.3, 0.4) is 0 Å². The lowest BCUT2D eigenvalue weighted by molar-refractivity contribution is -0.136. The van der Waals surface area contributed by atoms with E-state index >= 15 is 0 Å². The number of hydrogen-bond donors (Lipinski definition) is 3. The van der Waals surface area contributed by atoms with Gasteiger partial charge in [-0.05, 0) is 23.0 Å². The van der Waals surface area contributed by atoms with Crippen molar-refractivity contribution in [2.24, 2.45) is 0 Å². The minimum absolute atomic E-state index is 0.189. The molecule has 1 rings (SSSR count). The Morgan fingerprint density at radius 3 is 1.29 bits per heavy atom. The summed E-state index contributed by atoms with van der Waals surface area (Å²) in [5.74, 6) is -0.226. The molecular weight excluding hydrogens is 268 g/mol. The lowest BCUT2D eigenvalue weighted by Crippen LogP contribution is -2.22. The van der Waals surface area contributed by atoms with Crippen molar-refractivity contribution in [3.8, 4) is 11.5 Å². The summed E-state index contributed by atoms with van der Waals surface area (Å²) >= 11 is 0. The summed E-state index contributed by atoms with van der Waals surface area (Å²) in [6.45, 7) is 13.8. The summed E-state index contributed by atoms with van der Waals surface area (Å²) in [6, 6.07) is 3.12. The highest BCUT2D eigenvalue weighted by molar-refractivity contribution is 5.66. The van der Waals surface area contributed by atoms with Crippen LogP contribution < -0.4 is 0 Å². The Balaban J connectivity index is 0.000000690. The summed E-state index contributed by atoms with van der Waals surface area (Å²) in [6.07, 6.45) is 0.222. The molecule has 0 aliphatic heterocycles. The van der Waals surface area contributed by atoms with E-state index in [0.29, 0.717) is 0 Å². The van der Waals surface area contributed by atoms with E-state index in [-0.39, 0.29) is 28.7 Å². The lowest BCUT2D eigenvalue weighted by atomic mass is 9.74. The molecule has 3 N–H and O–H groups in total. The number of benzene rings is 1. The third-order valence-electron chi connectivity index (χ3n) is 2.96. The fraction of sp³-hybridized carbons (Fsp3) is 0.588. The average Bonchev–Trinajstić information content (AvgIpc) is 2.29. The van der Waals surface area contributed by atoms with Crippen molar-refractivity contribution in [2.45, 2.75) is 65.7 Å². The molecule has 0 aliphatic rings. The minimum atomic E-state index is -0.745. The van der Waals surface area contributed by atoms with Crippen LogP contribution in [0.4, 0.5) is 0 Å². The molecule has 21 heavy (non-hydrogen) atoms. The first kappa shape index (κ1) is 19.3. The maximum atomic E-state index is 10.0. The Bertz CT molecular complexity index is 452. The molecule has 4 nitrogen and oxygen atoms in total. The Hall–Kier alpha value is -1.71. The molecule has 0 aliphatic carbocycles. The van der Waals surface area contributed by atoms with Gasteiger partial charge < -0.3 is 15.3 Å². The van der Waals surface area contributed by atoms with Crippen LogP contribution in [-0.2, 0) is 15.6 Å². The molecule has 0 radical (unpaired) electrons. The fourth-order valence-corrected chi connectivity index (χ4v) is 2.10. The first-order valence-electron chi connectivity index (χ1n) is 7.10. The quantitative estimate of drug-likeness (QED) is 0.680. The van der Waals surface area contributed by atoms with E-state index in [0.717, 1.165) is 11.1 Å². The largest absolute Gasteiger partial charge is 0.508 e. The third-order valence-corrected chi connectivity index (χ3v) is 2.96. The molecule has 0 unspecified atom stereocenters. The van der Waals surface area contributed by atoms with Gasteiger partial charge in [-0.25, -0.2) is 0 Å². The summed E-state index contributed by atoms with van der Waals surface area (Å²) in [5.41, 5.74) is 1.29. The van der Waals surface area contributed by atoms with Gasteiger partial charge in [0, 0.05) is 17.5 Å². The SMILES string of the molecule is CC(C)(C)c1c(O)ccc(O)c1C(C)(C)C.CCC(=O)O. The summed E-state index contributed by atoms with van der Waals surface area (Å²) in [5, 5.41) is 27.7. The average molecular weight is 296 g/mol. The Kier molecular flexibility index (Phi) is 6.28. The van der Waals surface area contributed by atoms with Crippen molar-refractivity contribution in [1.29, 1.82) is 0 Å². The zero-order chi connectivity index (χ0) is 17.0. The molecule has 0 aromatic heterocycles. The van der Waals surface area contributed by atoms with Crippen molar-refractivity contribution < 1.29 is 20.1 Å². The van der Waals surface area contributed by atoms with Gasteiger partial charge in [0.15, 0.2) is 0 Å². The highest BCUT2D eigenvalue weighted by Crippen LogP contribution is 2.43. The van der Waals surface area contributed by atoms with Gasteiger partial charge in [-0.1, -0.05) is 48.5 Å². The molecule has 0 atom stereocenters. The predicted molar refractivity (Wildman–Crippen MR) is 85.1 cm³/mol. The van der Waals surface area contributed by atoms with Gasteiger partial charge in [0.1, 0.15) is 11.5 Å². The maximum Gasteiger partial charge on any atom is 0.303 e. The second-order valence-electron chi connectivity index (χ2n) is 7.10. The zero-order valence-electron chi connectivity index (χ0n) is 14.1. The van der Waals surface area contributed by atoms with Crippen LogP contribution in [0.1, 0.15) is 66.0 Å². The van der Waals surface area contributed by atoms with Crippen LogP contribution in [0, 0.1) is 0 Å². The molecule has 0 saturated heterocycles. The van der Waals surface area contributed by atoms with Crippen molar-refractivity contribution >= 4 is 5.97 Å². The maximum absolute atomic E-state index is 10.0. The highest BCUT2D eigenvalue weighted by atomic mass is 16.4. The van der Waals surface area contributed by atoms with Gasteiger partial charge >= 0.3 is 5.97 Å². The first-order valence-corrected chi connectivity index (χ1v) is 7.10. The number of carboxylic acid groups (broad SMARTS) is 1. The predicted octanol–water partition coefficient (Wildman–Crippen LogP) is 4.17. The molecular formula is C17H28O4. The first-order chi connectivity index (χ1) is 9.32. The summed E-state index contributed by atoms with van der Waals surface area (Å²) in [4.78, 5) is 9.37. The van der Waals surface area contributed by atoms with Crippen LogP contribution in [0.25, 0.3) is 0 Å². The van der Waals surface area contributed by atoms with Crippen molar-refractivity contribution in [3.05, 3.63) is 23.3 Å². The van der Waals surface area contributed by atoms with Crippen LogP contribution >= 0.6 is 0 Å². The minimum Gasteiger partial charge on any atom is -0.508 e. The van der Waals surface area contributed by atoms with E-state index in [1.54, 1.807) is 19.1 Å². The Morgan fingerprint density at radius 1 is 0.905 bits per heavy atom. The second-order valence-corrected chi connectivity index (χ2v) is 7.10. The van der Waals surface area contributed by atoms with Crippen molar-refractivity contribution in [3.63, 3.8) is 0 Å². The van der Waals surface area contributed by atoms with E-state index in [4.69, 9.17) is 5.11 Å². The van der Waals surface area contributed by atoms with Gasteiger partial charge in [-0.2, -0.15) is 0 Å². The summed E-state index contributed by atoms with van der Waals surface area (Å²) in [7, 11) is 0. The second kappa shape index (κ2) is 6.83. The Morgan fingerprint density at radius 2 is 1.14 bits per heavy atom. The van der Waals surface area contributed by atoms with Gasteiger partial charge in [-0.3, -0.25) is 4.79 Å².